The molecule has 3 atom stereocenters. The zero-order valence-corrected chi connectivity index (χ0v) is 16.4. The number of para-hydroxylation sites is 1. The summed E-state index contributed by atoms with van der Waals surface area (Å²) in [6.45, 7) is 5.22. The van der Waals surface area contributed by atoms with E-state index in [4.69, 9.17) is 14.5 Å². The Balaban J connectivity index is 1.33. The first-order valence-electron chi connectivity index (χ1n) is 10.3. The Labute approximate surface area is 167 Å². The second-order valence-corrected chi connectivity index (χ2v) is 7.40. The van der Waals surface area contributed by atoms with Crippen LogP contribution in [0.5, 0.6) is 5.75 Å². The number of nitrogens with zero attached hydrogens (tertiary/aromatic N) is 1. The van der Waals surface area contributed by atoms with E-state index in [0.29, 0.717) is 5.92 Å². The fourth-order valence-electron chi connectivity index (χ4n) is 3.96. The van der Waals surface area contributed by atoms with Crippen LogP contribution < -0.4 is 15.4 Å². The third kappa shape index (κ3) is 4.47. The van der Waals surface area contributed by atoms with Gasteiger partial charge in [-0.05, 0) is 30.5 Å². The van der Waals surface area contributed by atoms with Crippen molar-refractivity contribution < 1.29 is 9.47 Å². The molecule has 2 aromatic carbocycles. The number of nitrogens with one attached hydrogen (secondary N) is 2. The van der Waals surface area contributed by atoms with Crippen molar-refractivity contribution in [2.45, 2.75) is 32.0 Å². The highest BCUT2D eigenvalue weighted by Crippen LogP contribution is 2.34. The molecule has 5 nitrogen and oxygen atoms in total. The molecule has 2 aromatic rings. The molecule has 1 fully saturated rings. The van der Waals surface area contributed by atoms with Crippen molar-refractivity contribution in [3.05, 3.63) is 65.7 Å². The molecule has 28 heavy (non-hydrogen) atoms. The first-order valence-corrected chi connectivity index (χ1v) is 10.3. The molecule has 0 spiro atoms. The Bertz CT molecular complexity index is 768. The van der Waals surface area contributed by atoms with Crippen LogP contribution in [-0.2, 0) is 11.2 Å². The second-order valence-electron chi connectivity index (χ2n) is 7.40. The molecule has 2 aliphatic rings. The number of hydrogen-bond acceptors (Lipinski definition) is 3. The second kappa shape index (κ2) is 9.11. The zero-order valence-electron chi connectivity index (χ0n) is 16.4. The van der Waals surface area contributed by atoms with Gasteiger partial charge < -0.3 is 20.1 Å². The average molecular weight is 380 g/mol. The van der Waals surface area contributed by atoms with Gasteiger partial charge in [0.15, 0.2) is 5.96 Å². The maximum Gasteiger partial charge on any atom is 0.191 e. The van der Waals surface area contributed by atoms with Crippen molar-refractivity contribution in [1.29, 1.82) is 0 Å². The van der Waals surface area contributed by atoms with E-state index >= 15 is 0 Å². The van der Waals surface area contributed by atoms with Crippen LogP contribution in [0.3, 0.4) is 0 Å². The third-order valence-electron chi connectivity index (χ3n) is 5.38. The van der Waals surface area contributed by atoms with E-state index in [1.165, 1.54) is 11.1 Å². The lowest BCUT2D eigenvalue weighted by Crippen LogP contribution is -2.42. The molecular weight excluding hydrogens is 350 g/mol. The molecule has 2 N–H and O–H groups in total. The summed E-state index contributed by atoms with van der Waals surface area (Å²) in [5.41, 5.74) is 2.53. The maximum atomic E-state index is 6.02. The minimum atomic E-state index is 0.139. The summed E-state index contributed by atoms with van der Waals surface area (Å²) >= 11 is 0. The van der Waals surface area contributed by atoms with Crippen molar-refractivity contribution in [1.82, 2.24) is 10.6 Å². The van der Waals surface area contributed by atoms with Crippen LogP contribution in [0.1, 0.15) is 30.6 Å². The van der Waals surface area contributed by atoms with Crippen LogP contribution in [0.4, 0.5) is 0 Å². The van der Waals surface area contributed by atoms with Crippen molar-refractivity contribution >= 4 is 5.96 Å². The van der Waals surface area contributed by atoms with Gasteiger partial charge in [0.1, 0.15) is 11.9 Å². The summed E-state index contributed by atoms with van der Waals surface area (Å²) in [7, 11) is 0. The van der Waals surface area contributed by atoms with Gasteiger partial charge in [-0.15, -0.1) is 0 Å². The van der Waals surface area contributed by atoms with Gasteiger partial charge >= 0.3 is 0 Å². The molecule has 2 heterocycles. The highest BCUT2D eigenvalue weighted by atomic mass is 16.5. The van der Waals surface area contributed by atoms with Gasteiger partial charge in [0.25, 0.3) is 0 Å². The van der Waals surface area contributed by atoms with Gasteiger partial charge in [-0.1, -0.05) is 48.5 Å². The Morgan fingerprint density at radius 1 is 1.07 bits per heavy atom. The number of ether oxygens (including phenoxy) is 2. The fraction of sp³-hybridized carbons (Fsp3) is 0.435. The lowest BCUT2D eigenvalue weighted by Gasteiger charge is -2.19. The molecule has 3 unspecified atom stereocenters. The number of aliphatic imine (C=N–C) groups is 1. The molecule has 0 aromatic heterocycles. The van der Waals surface area contributed by atoms with Crippen LogP contribution in [0, 0.1) is 5.92 Å². The standard InChI is InChI=1S/C23H29N3O2/c1-2-24-23(26-16-20-14-18-10-6-7-11-21(18)28-20)25-15-19-12-13-27-22(19)17-8-4-3-5-9-17/h3-11,19-20,22H,2,12-16H2,1H3,(H2,24,25,26). The predicted molar refractivity (Wildman–Crippen MR) is 112 cm³/mol. The Morgan fingerprint density at radius 3 is 2.71 bits per heavy atom. The Hall–Kier alpha value is -2.53. The Kier molecular flexibility index (Phi) is 6.12. The SMILES string of the molecule is CCNC(=NCC1CCOC1c1ccccc1)NCC1Cc2ccccc2O1. The third-order valence-corrected chi connectivity index (χ3v) is 5.38. The van der Waals surface area contributed by atoms with Crippen LogP contribution in [0.2, 0.25) is 0 Å². The van der Waals surface area contributed by atoms with E-state index in [-0.39, 0.29) is 12.2 Å². The smallest absolute Gasteiger partial charge is 0.191 e. The van der Waals surface area contributed by atoms with Crippen LogP contribution >= 0.6 is 0 Å². The topological polar surface area (TPSA) is 54.9 Å². The van der Waals surface area contributed by atoms with E-state index in [0.717, 1.165) is 50.8 Å². The lowest BCUT2D eigenvalue weighted by atomic mass is 9.95. The minimum absolute atomic E-state index is 0.139. The summed E-state index contributed by atoms with van der Waals surface area (Å²) in [5, 5.41) is 6.80. The van der Waals surface area contributed by atoms with Gasteiger partial charge in [0.05, 0.1) is 12.6 Å². The van der Waals surface area contributed by atoms with E-state index in [1.54, 1.807) is 0 Å². The molecule has 148 valence electrons. The molecule has 0 aliphatic carbocycles. The van der Waals surface area contributed by atoms with E-state index in [2.05, 4.69) is 54.0 Å². The molecule has 1 saturated heterocycles. The molecule has 2 aliphatic heterocycles. The summed E-state index contributed by atoms with van der Waals surface area (Å²) in [5.74, 6) is 2.26. The number of guanidine groups is 1. The summed E-state index contributed by atoms with van der Waals surface area (Å²) < 4.78 is 12.0. The Morgan fingerprint density at radius 2 is 1.89 bits per heavy atom. The first-order chi connectivity index (χ1) is 13.8. The molecule has 0 amide bonds. The number of benzene rings is 2. The summed E-state index contributed by atoms with van der Waals surface area (Å²) in [6.07, 6.45) is 2.27. The zero-order chi connectivity index (χ0) is 19.2. The van der Waals surface area contributed by atoms with Crippen molar-refractivity contribution in [2.24, 2.45) is 10.9 Å². The number of rotatable bonds is 6. The monoisotopic (exact) mass is 379 g/mol. The van der Waals surface area contributed by atoms with Crippen molar-refractivity contribution in [3.63, 3.8) is 0 Å². The van der Waals surface area contributed by atoms with Gasteiger partial charge in [-0.2, -0.15) is 0 Å². The molecule has 5 heteroatoms. The van der Waals surface area contributed by atoms with E-state index < -0.39 is 0 Å². The highest BCUT2D eigenvalue weighted by Gasteiger charge is 2.29. The van der Waals surface area contributed by atoms with E-state index in [1.807, 2.05) is 18.2 Å². The molecular formula is C23H29N3O2. The van der Waals surface area contributed by atoms with Crippen molar-refractivity contribution in [2.75, 3.05) is 26.2 Å². The summed E-state index contributed by atoms with van der Waals surface area (Å²) in [4.78, 5) is 4.84. The molecule has 0 saturated carbocycles. The van der Waals surface area contributed by atoms with Gasteiger partial charge in [-0.3, -0.25) is 4.99 Å². The quantitative estimate of drug-likeness (QED) is 0.597. The van der Waals surface area contributed by atoms with Gasteiger partial charge in [0.2, 0.25) is 0 Å². The number of hydrogen-bond donors (Lipinski definition) is 2. The van der Waals surface area contributed by atoms with Gasteiger partial charge in [-0.25, -0.2) is 0 Å². The average Bonchev–Trinajstić information content (AvgIpc) is 3.37. The fourth-order valence-corrected chi connectivity index (χ4v) is 3.96. The van der Waals surface area contributed by atoms with Crippen molar-refractivity contribution in [3.8, 4) is 5.75 Å². The normalized spacial score (nSPS) is 23.9. The lowest BCUT2D eigenvalue weighted by molar-refractivity contribution is 0.0925. The number of fused-ring (bicyclic) bond motifs is 1. The minimum Gasteiger partial charge on any atom is -0.488 e. The molecule has 0 bridgehead atoms. The summed E-state index contributed by atoms with van der Waals surface area (Å²) in [6, 6.07) is 18.7. The van der Waals surface area contributed by atoms with Crippen LogP contribution in [0.25, 0.3) is 0 Å². The van der Waals surface area contributed by atoms with Crippen LogP contribution in [0.15, 0.2) is 59.6 Å². The first kappa shape index (κ1) is 18.8. The molecule has 4 rings (SSSR count). The van der Waals surface area contributed by atoms with E-state index in [9.17, 15) is 0 Å². The highest BCUT2D eigenvalue weighted by molar-refractivity contribution is 5.79. The largest absolute Gasteiger partial charge is 0.488 e. The van der Waals surface area contributed by atoms with Crippen LogP contribution in [-0.4, -0.2) is 38.3 Å². The predicted octanol–water partition coefficient (Wildman–Crippen LogP) is 3.32. The maximum absolute atomic E-state index is 6.02. The molecule has 0 radical (unpaired) electrons. The van der Waals surface area contributed by atoms with Gasteiger partial charge in [0, 0.05) is 32.0 Å².